The largest absolute Gasteiger partial charge is 0.477 e. The van der Waals surface area contributed by atoms with Crippen LogP contribution >= 0.6 is 0 Å². The standard InChI is InChI=1S/C14H21N5O2/c1-2-5-15-14-17-12-11(8-16-19-12)13(18-14)21-9-10-3-6-20-7-4-10/h8,10H,2-7,9H2,1H3,(H2,15,16,17,18,19). The SMILES string of the molecule is CCCNc1nc(OCC2CCOCC2)c2cn[nH]c2n1. The smallest absolute Gasteiger partial charge is 0.229 e. The Morgan fingerprint density at radius 3 is 3.05 bits per heavy atom. The maximum atomic E-state index is 5.93. The summed E-state index contributed by atoms with van der Waals surface area (Å²) in [6.07, 6.45) is 4.81. The molecule has 0 spiro atoms. The summed E-state index contributed by atoms with van der Waals surface area (Å²) in [4.78, 5) is 8.85. The molecule has 2 N–H and O–H groups in total. The zero-order chi connectivity index (χ0) is 14.5. The molecule has 1 aliphatic heterocycles. The van der Waals surface area contributed by atoms with Crippen molar-refractivity contribution in [2.24, 2.45) is 5.92 Å². The van der Waals surface area contributed by atoms with Gasteiger partial charge in [0, 0.05) is 19.8 Å². The monoisotopic (exact) mass is 291 g/mol. The summed E-state index contributed by atoms with van der Waals surface area (Å²) in [6.45, 7) is 5.24. The fraction of sp³-hybridized carbons (Fsp3) is 0.643. The van der Waals surface area contributed by atoms with Crippen LogP contribution in [0.3, 0.4) is 0 Å². The van der Waals surface area contributed by atoms with E-state index in [0.29, 0.717) is 30.0 Å². The van der Waals surface area contributed by atoms with E-state index in [9.17, 15) is 0 Å². The molecule has 1 saturated heterocycles. The first kappa shape index (κ1) is 14.1. The minimum absolute atomic E-state index is 0.530. The molecular weight excluding hydrogens is 270 g/mol. The van der Waals surface area contributed by atoms with Crippen LogP contribution in [0.15, 0.2) is 6.20 Å². The number of aromatic amines is 1. The molecular formula is C14H21N5O2. The van der Waals surface area contributed by atoms with Gasteiger partial charge in [0.25, 0.3) is 0 Å². The van der Waals surface area contributed by atoms with Crippen LogP contribution in [0.2, 0.25) is 0 Å². The third-order valence-electron chi connectivity index (χ3n) is 3.60. The molecule has 0 atom stereocenters. The average molecular weight is 291 g/mol. The Balaban J connectivity index is 1.73. The second-order valence-corrected chi connectivity index (χ2v) is 5.28. The predicted octanol–water partition coefficient (Wildman–Crippen LogP) is 1.98. The van der Waals surface area contributed by atoms with Crippen LogP contribution in [0.4, 0.5) is 5.95 Å². The first-order valence-electron chi connectivity index (χ1n) is 7.52. The average Bonchev–Trinajstić information content (AvgIpc) is 3.00. The molecule has 3 heterocycles. The van der Waals surface area contributed by atoms with Crippen molar-refractivity contribution in [3.63, 3.8) is 0 Å². The van der Waals surface area contributed by atoms with E-state index in [1.165, 1.54) is 0 Å². The molecule has 3 rings (SSSR count). The molecule has 1 fully saturated rings. The number of H-pyrrole nitrogens is 1. The highest BCUT2D eigenvalue weighted by molar-refractivity contribution is 5.80. The van der Waals surface area contributed by atoms with Gasteiger partial charge in [0.2, 0.25) is 11.8 Å². The number of hydrogen-bond acceptors (Lipinski definition) is 6. The van der Waals surface area contributed by atoms with Crippen molar-refractivity contribution in [3.8, 4) is 5.88 Å². The van der Waals surface area contributed by atoms with Gasteiger partial charge < -0.3 is 14.8 Å². The first-order chi connectivity index (χ1) is 10.4. The summed E-state index contributed by atoms with van der Waals surface area (Å²) >= 11 is 0. The fourth-order valence-electron chi connectivity index (χ4n) is 2.34. The Hall–Kier alpha value is -1.89. The van der Waals surface area contributed by atoms with Crippen molar-refractivity contribution in [3.05, 3.63) is 6.20 Å². The van der Waals surface area contributed by atoms with Crippen molar-refractivity contribution in [2.75, 3.05) is 31.7 Å². The second kappa shape index (κ2) is 6.71. The number of rotatable bonds is 6. The Morgan fingerprint density at radius 1 is 1.38 bits per heavy atom. The Morgan fingerprint density at radius 2 is 2.24 bits per heavy atom. The van der Waals surface area contributed by atoms with Gasteiger partial charge in [0.1, 0.15) is 5.39 Å². The highest BCUT2D eigenvalue weighted by atomic mass is 16.5. The number of hydrogen-bond donors (Lipinski definition) is 2. The van der Waals surface area contributed by atoms with Crippen LogP contribution in [0.1, 0.15) is 26.2 Å². The van der Waals surface area contributed by atoms with Crippen molar-refractivity contribution >= 4 is 17.0 Å². The molecule has 7 heteroatoms. The van der Waals surface area contributed by atoms with Crippen molar-refractivity contribution in [2.45, 2.75) is 26.2 Å². The molecule has 0 saturated carbocycles. The van der Waals surface area contributed by atoms with E-state index in [-0.39, 0.29) is 0 Å². The number of aromatic nitrogens is 4. The number of anilines is 1. The molecule has 0 bridgehead atoms. The zero-order valence-electron chi connectivity index (χ0n) is 12.3. The molecule has 0 radical (unpaired) electrons. The lowest BCUT2D eigenvalue weighted by molar-refractivity contribution is 0.0493. The lowest BCUT2D eigenvalue weighted by Crippen LogP contribution is -2.21. The van der Waals surface area contributed by atoms with Gasteiger partial charge in [0.05, 0.1) is 12.8 Å². The molecule has 2 aromatic rings. The Kier molecular flexibility index (Phi) is 4.49. The van der Waals surface area contributed by atoms with Gasteiger partial charge in [-0.25, -0.2) is 0 Å². The lowest BCUT2D eigenvalue weighted by Gasteiger charge is -2.21. The minimum atomic E-state index is 0.530. The van der Waals surface area contributed by atoms with Crippen LogP contribution < -0.4 is 10.1 Å². The maximum absolute atomic E-state index is 5.93. The Bertz CT molecular complexity index is 580. The summed E-state index contributed by atoms with van der Waals surface area (Å²) in [6, 6.07) is 0. The summed E-state index contributed by atoms with van der Waals surface area (Å²) in [5, 5.41) is 10.9. The van der Waals surface area contributed by atoms with Crippen LogP contribution in [0.5, 0.6) is 5.88 Å². The van der Waals surface area contributed by atoms with Crippen molar-refractivity contribution in [1.29, 1.82) is 0 Å². The summed E-state index contributed by atoms with van der Waals surface area (Å²) in [5.41, 5.74) is 0.700. The normalized spacial score (nSPS) is 16.2. The van der Waals surface area contributed by atoms with Crippen molar-refractivity contribution < 1.29 is 9.47 Å². The molecule has 0 unspecified atom stereocenters. The van der Waals surface area contributed by atoms with Crippen LogP contribution in [0.25, 0.3) is 11.0 Å². The van der Waals surface area contributed by atoms with Crippen molar-refractivity contribution in [1.82, 2.24) is 20.2 Å². The van der Waals surface area contributed by atoms with Gasteiger partial charge in [0.15, 0.2) is 5.65 Å². The fourth-order valence-corrected chi connectivity index (χ4v) is 2.34. The molecule has 21 heavy (non-hydrogen) atoms. The highest BCUT2D eigenvalue weighted by Crippen LogP contribution is 2.24. The summed E-state index contributed by atoms with van der Waals surface area (Å²) in [7, 11) is 0. The van der Waals surface area contributed by atoms with Gasteiger partial charge in [-0.2, -0.15) is 15.1 Å². The molecule has 0 aliphatic carbocycles. The van der Waals surface area contributed by atoms with E-state index in [1.807, 2.05) is 0 Å². The van der Waals surface area contributed by atoms with E-state index in [1.54, 1.807) is 6.20 Å². The zero-order valence-corrected chi connectivity index (χ0v) is 12.3. The number of ether oxygens (including phenoxy) is 2. The topological polar surface area (TPSA) is 85.0 Å². The highest BCUT2D eigenvalue weighted by Gasteiger charge is 2.17. The molecule has 114 valence electrons. The molecule has 0 aromatic carbocycles. The third-order valence-corrected chi connectivity index (χ3v) is 3.60. The second-order valence-electron chi connectivity index (χ2n) is 5.28. The minimum Gasteiger partial charge on any atom is -0.477 e. The first-order valence-corrected chi connectivity index (χ1v) is 7.52. The number of nitrogens with zero attached hydrogens (tertiary/aromatic N) is 3. The number of nitrogens with one attached hydrogen (secondary N) is 2. The molecule has 0 amide bonds. The van der Waals surface area contributed by atoms with E-state index in [4.69, 9.17) is 9.47 Å². The van der Waals surface area contributed by atoms with E-state index in [0.717, 1.165) is 44.4 Å². The van der Waals surface area contributed by atoms with Gasteiger partial charge >= 0.3 is 0 Å². The van der Waals surface area contributed by atoms with Gasteiger partial charge in [-0.15, -0.1) is 0 Å². The predicted molar refractivity (Wildman–Crippen MR) is 79.5 cm³/mol. The van der Waals surface area contributed by atoms with Gasteiger partial charge in [-0.3, -0.25) is 5.10 Å². The van der Waals surface area contributed by atoms with Crippen LogP contribution in [-0.2, 0) is 4.74 Å². The Labute approximate surface area is 123 Å². The third kappa shape index (κ3) is 3.41. The van der Waals surface area contributed by atoms with Crippen LogP contribution in [0, 0.1) is 5.92 Å². The lowest BCUT2D eigenvalue weighted by atomic mass is 10.0. The molecule has 2 aromatic heterocycles. The number of fused-ring (bicyclic) bond motifs is 1. The maximum Gasteiger partial charge on any atom is 0.229 e. The van der Waals surface area contributed by atoms with E-state index in [2.05, 4.69) is 32.4 Å². The van der Waals surface area contributed by atoms with E-state index >= 15 is 0 Å². The molecule has 7 nitrogen and oxygen atoms in total. The van der Waals surface area contributed by atoms with Gasteiger partial charge in [-0.05, 0) is 25.2 Å². The van der Waals surface area contributed by atoms with Crippen LogP contribution in [-0.4, -0.2) is 46.5 Å². The summed E-state index contributed by atoms with van der Waals surface area (Å²) < 4.78 is 11.3. The summed E-state index contributed by atoms with van der Waals surface area (Å²) in [5.74, 6) is 1.71. The van der Waals surface area contributed by atoms with Gasteiger partial charge in [-0.1, -0.05) is 6.92 Å². The quantitative estimate of drug-likeness (QED) is 0.846. The van der Waals surface area contributed by atoms with E-state index < -0.39 is 0 Å². The molecule has 1 aliphatic rings.